The average molecular weight is 514 g/mol. The number of aromatic nitrogens is 5. The molecule has 0 aliphatic heterocycles. The number of halogens is 2. The summed E-state index contributed by atoms with van der Waals surface area (Å²) in [6, 6.07) is 11.3. The summed E-state index contributed by atoms with van der Waals surface area (Å²) in [5, 5.41) is 19.4. The van der Waals surface area contributed by atoms with Gasteiger partial charge in [0.05, 0.1) is 16.9 Å². The highest BCUT2D eigenvalue weighted by molar-refractivity contribution is 6.31. The van der Waals surface area contributed by atoms with Gasteiger partial charge in [0.2, 0.25) is 11.6 Å². The topological polar surface area (TPSA) is 150 Å². The van der Waals surface area contributed by atoms with Crippen molar-refractivity contribution in [1.29, 1.82) is 0 Å². The third-order valence-electron chi connectivity index (χ3n) is 4.85. The highest BCUT2D eigenvalue weighted by Crippen LogP contribution is 2.22. The number of ether oxygens (including phenoxy) is 1. The molecule has 2 aromatic carbocycles. The Balaban J connectivity index is 1.40. The highest BCUT2D eigenvalue weighted by Gasteiger charge is 2.24. The highest BCUT2D eigenvalue weighted by atomic mass is 35.5. The van der Waals surface area contributed by atoms with Crippen LogP contribution in [-0.2, 0) is 13.2 Å². The van der Waals surface area contributed by atoms with Gasteiger partial charge in [-0.25, -0.2) is 14.4 Å². The van der Waals surface area contributed by atoms with Crippen LogP contribution in [0.3, 0.4) is 0 Å². The van der Waals surface area contributed by atoms with Crippen molar-refractivity contribution in [2.45, 2.75) is 13.2 Å². The maximum Gasteiger partial charge on any atom is 0.293 e. The minimum absolute atomic E-state index is 0.00862. The van der Waals surface area contributed by atoms with E-state index < -0.39 is 11.7 Å². The summed E-state index contributed by atoms with van der Waals surface area (Å²) in [6.45, 7) is 0.298. The van der Waals surface area contributed by atoms with Gasteiger partial charge in [-0.05, 0) is 66.4 Å². The first-order valence-corrected chi connectivity index (χ1v) is 10.9. The predicted octanol–water partition coefficient (Wildman–Crippen LogP) is 2.43. The van der Waals surface area contributed by atoms with Crippen molar-refractivity contribution >= 4 is 29.5 Å². The lowest BCUT2D eigenvalue weighted by molar-refractivity contribution is 0.0948. The van der Waals surface area contributed by atoms with Gasteiger partial charge in [0.1, 0.15) is 18.2 Å². The van der Waals surface area contributed by atoms with Gasteiger partial charge in [0.25, 0.3) is 5.91 Å². The number of benzene rings is 2. The van der Waals surface area contributed by atoms with Crippen LogP contribution in [0.5, 0.6) is 5.75 Å². The number of rotatable bonds is 9. The van der Waals surface area contributed by atoms with Gasteiger partial charge in [-0.3, -0.25) is 4.79 Å². The fraction of sp³-hybridized carbons (Fsp3) is 0.182. The lowest BCUT2D eigenvalue weighted by Crippen LogP contribution is -2.23. The molecule has 36 heavy (non-hydrogen) atoms. The number of nitrogen functional groups attached to an aromatic ring is 1. The second kappa shape index (κ2) is 10.9. The number of amides is 1. The number of nitrogens with zero attached hydrogens (tertiary/aromatic N) is 7. The zero-order chi connectivity index (χ0) is 25.7. The van der Waals surface area contributed by atoms with E-state index in [0.29, 0.717) is 28.6 Å². The van der Waals surface area contributed by atoms with Gasteiger partial charge < -0.3 is 15.4 Å². The molecule has 0 fully saturated rings. The minimum atomic E-state index is -0.578. The maximum absolute atomic E-state index is 13.9. The summed E-state index contributed by atoms with van der Waals surface area (Å²) >= 11 is 6.02. The van der Waals surface area contributed by atoms with Crippen molar-refractivity contribution in [3.8, 4) is 11.6 Å². The monoisotopic (exact) mass is 513 g/mol. The molecule has 0 aliphatic carbocycles. The molecule has 3 N–H and O–H groups in total. The molecule has 0 aliphatic rings. The number of carbonyl (C=O) groups excluding carboxylic acids is 1. The third-order valence-corrected chi connectivity index (χ3v) is 5.20. The van der Waals surface area contributed by atoms with E-state index in [1.165, 1.54) is 23.0 Å². The molecular weight excluding hydrogens is 493 g/mol. The molecule has 0 saturated heterocycles. The van der Waals surface area contributed by atoms with Crippen LogP contribution in [0.2, 0.25) is 5.02 Å². The molecule has 0 spiro atoms. The lowest BCUT2D eigenvalue weighted by atomic mass is 10.2. The first kappa shape index (κ1) is 24.8. The van der Waals surface area contributed by atoms with Crippen LogP contribution in [0.1, 0.15) is 27.3 Å². The van der Waals surface area contributed by atoms with E-state index in [1.54, 1.807) is 30.3 Å². The van der Waals surface area contributed by atoms with E-state index in [4.69, 9.17) is 22.1 Å². The molecule has 2 aromatic heterocycles. The van der Waals surface area contributed by atoms with Crippen molar-refractivity contribution in [3.63, 3.8) is 0 Å². The molecule has 1 amide bonds. The molecule has 186 valence electrons. The van der Waals surface area contributed by atoms with Gasteiger partial charge >= 0.3 is 0 Å². The molecule has 0 radical (unpaired) electrons. The van der Waals surface area contributed by atoms with Gasteiger partial charge in [0, 0.05) is 12.1 Å². The Kier molecular flexibility index (Phi) is 7.51. The Morgan fingerprint density at radius 1 is 1.28 bits per heavy atom. The van der Waals surface area contributed by atoms with E-state index in [9.17, 15) is 9.18 Å². The first-order valence-electron chi connectivity index (χ1n) is 10.5. The van der Waals surface area contributed by atoms with E-state index in [2.05, 4.69) is 35.8 Å². The normalized spacial score (nSPS) is 11.4. The predicted molar refractivity (Wildman–Crippen MR) is 128 cm³/mol. The quantitative estimate of drug-likeness (QED) is 0.254. The van der Waals surface area contributed by atoms with Crippen LogP contribution in [0.15, 0.2) is 52.2 Å². The second-order valence-corrected chi connectivity index (χ2v) is 8.17. The molecule has 0 unspecified atom stereocenters. The van der Waals surface area contributed by atoms with E-state index in [0.717, 1.165) is 0 Å². The number of carbonyl (C=O) groups is 1. The van der Waals surface area contributed by atoms with Crippen LogP contribution >= 0.6 is 11.6 Å². The molecule has 4 aromatic rings. The van der Waals surface area contributed by atoms with Crippen molar-refractivity contribution in [2.24, 2.45) is 5.10 Å². The Bertz CT molecular complexity index is 1370. The summed E-state index contributed by atoms with van der Waals surface area (Å²) in [5.74, 6) is -0.360. The minimum Gasteiger partial charge on any atom is -0.489 e. The van der Waals surface area contributed by atoms with Crippen molar-refractivity contribution in [1.82, 2.24) is 35.6 Å². The molecule has 4 rings (SSSR count). The van der Waals surface area contributed by atoms with Crippen LogP contribution in [-0.4, -0.2) is 56.4 Å². The van der Waals surface area contributed by atoms with Gasteiger partial charge in [-0.2, -0.15) is 9.78 Å². The maximum atomic E-state index is 13.9. The van der Waals surface area contributed by atoms with E-state index >= 15 is 0 Å². The number of hydrogen-bond donors (Lipinski definition) is 2. The molecule has 12 nitrogen and oxygen atoms in total. The number of hydrogen-bond acceptors (Lipinski definition) is 10. The number of nitrogens with one attached hydrogen (secondary N) is 1. The standard InChI is InChI=1S/C22H21ClFN9O3/c1-32(2)11-18-19(27-31-33(18)21-20(25)29-36-30-21)22(34)28-26-10-13-6-8-14(9-7-13)35-12-15-16(23)4-3-5-17(15)24/h3-10H,11-12H2,1-2H3,(H2,25,29)(H,28,34). The number of nitrogens with two attached hydrogens (primary N) is 1. The van der Waals surface area contributed by atoms with Gasteiger partial charge in [-0.1, -0.05) is 22.9 Å². The Morgan fingerprint density at radius 3 is 2.72 bits per heavy atom. The van der Waals surface area contributed by atoms with E-state index in [1.807, 2.05) is 19.0 Å². The first-order chi connectivity index (χ1) is 17.3. The SMILES string of the molecule is CN(C)Cc1c(C(=O)NN=Cc2ccc(OCc3c(F)cccc3Cl)cc2)nnn1-c1nonc1N. The summed E-state index contributed by atoms with van der Waals surface area (Å²) in [4.78, 5) is 14.5. The summed E-state index contributed by atoms with van der Waals surface area (Å²) < 4.78 is 25.4. The summed E-state index contributed by atoms with van der Waals surface area (Å²) in [6.07, 6.45) is 1.45. The van der Waals surface area contributed by atoms with Crippen LogP contribution < -0.4 is 15.9 Å². The van der Waals surface area contributed by atoms with Crippen LogP contribution in [0.4, 0.5) is 10.2 Å². The zero-order valence-electron chi connectivity index (χ0n) is 19.2. The Hall–Kier alpha value is -4.36. The van der Waals surface area contributed by atoms with Crippen LogP contribution in [0, 0.1) is 5.82 Å². The second-order valence-electron chi connectivity index (χ2n) is 7.76. The fourth-order valence-corrected chi connectivity index (χ4v) is 3.34. The third kappa shape index (κ3) is 5.64. The zero-order valence-corrected chi connectivity index (χ0v) is 20.0. The van der Waals surface area contributed by atoms with Crippen molar-refractivity contribution < 1.29 is 18.6 Å². The average Bonchev–Trinajstić information content (AvgIpc) is 3.44. The largest absolute Gasteiger partial charge is 0.489 e. The lowest BCUT2D eigenvalue weighted by Gasteiger charge is -2.11. The molecule has 0 atom stereocenters. The number of anilines is 1. The van der Waals surface area contributed by atoms with E-state index in [-0.39, 0.29) is 29.5 Å². The van der Waals surface area contributed by atoms with Gasteiger partial charge in [-0.15, -0.1) is 5.10 Å². The number of hydrazone groups is 1. The molecule has 0 saturated carbocycles. The smallest absolute Gasteiger partial charge is 0.293 e. The molecular formula is C22H21ClFN9O3. The van der Waals surface area contributed by atoms with Crippen molar-refractivity contribution in [3.05, 3.63) is 75.8 Å². The molecule has 14 heteroatoms. The fourth-order valence-electron chi connectivity index (χ4n) is 3.12. The van der Waals surface area contributed by atoms with Crippen LogP contribution in [0.25, 0.3) is 5.82 Å². The van der Waals surface area contributed by atoms with Gasteiger partial charge in [0.15, 0.2) is 5.69 Å². The Morgan fingerprint density at radius 2 is 2.06 bits per heavy atom. The summed E-state index contributed by atoms with van der Waals surface area (Å²) in [5.41, 5.74) is 9.60. The Labute approximate surface area is 209 Å². The molecule has 2 heterocycles. The molecule has 0 bridgehead atoms. The summed E-state index contributed by atoms with van der Waals surface area (Å²) in [7, 11) is 3.64. The van der Waals surface area contributed by atoms with Crippen molar-refractivity contribution in [2.75, 3.05) is 19.8 Å².